The monoisotopic (exact) mass is 446 g/mol. The highest BCUT2D eigenvalue weighted by atomic mass is 79.9. The van der Waals surface area contributed by atoms with Gasteiger partial charge >= 0.3 is 6.01 Å². The summed E-state index contributed by atoms with van der Waals surface area (Å²) in [7, 11) is 0. The zero-order valence-electron chi connectivity index (χ0n) is 12.3. The molecule has 7 nitrogen and oxygen atoms in total. The Hall–Kier alpha value is -1.48. The van der Waals surface area contributed by atoms with E-state index in [-0.39, 0.29) is 11.6 Å². The maximum Gasteiger partial charge on any atom is 0.318 e. The summed E-state index contributed by atoms with van der Waals surface area (Å²) in [5.41, 5.74) is 0.538. The molecule has 0 saturated carbocycles. The normalized spacial score (nSPS) is 10.7. The van der Waals surface area contributed by atoms with Gasteiger partial charge in [-0.2, -0.15) is 0 Å². The zero-order chi connectivity index (χ0) is 16.7. The lowest BCUT2D eigenvalue weighted by Crippen LogP contribution is -2.26. The smallest absolute Gasteiger partial charge is 0.318 e. The fraction of sp³-hybridized carbons (Fsp3) is 0.429. The second-order valence-corrected chi connectivity index (χ2v) is 6.36. The maximum atomic E-state index is 10.9. The van der Waals surface area contributed by atoms with E-state index in [0.717, 1.165) is 36.6 Å². The van der Waals surface area contributed by atoms with Gasteiger partial charge in [0.15, 0.2) is 0 Å². The first-order valence-corrected chi connectivity index (χ1v) is 9.35. The molecule has 2 aromatic rings. The van der Waals surface area contributed by atoms with Crippen LogP contribution >= 0.6 is 31.9 Å². The number of aromatic nitrogens is 2. The van der Waals surface area contributed by atoms with Gasteiger partial charge in [-0.15, -0.1) is 5.10 Å². The lowest BCUT2D eigenvalue weighted by Gasteiger charge is -2.18. The number of halogens is 2. The summed E-state index contributed by atoms with van der Waals surface area (Å²) in [6, 6.07) is 6.61. The Morgan fingerprint density at radius 1 is 1.17 bits per heavy atom. The molecular formula is C14H16Br2N4O3. The molecule has 1 aromatic heterocycles. The first-order chi connectivity index (χ1) is 11.2. The van der Waals surface area contributed by atoms with Gasteiger partial charge in [-0.3, -0.25) is 10.1 Å². The van der Waals surface area contributed by atoms with Crippen molar-refractivity contribution in [2.45, 2.75) is 12.8 Å². The fourth-order valence-corrected chi connectivity index (χ4v) is 2.52. The predicted octanol–water partition coefficient (Wildman–Crippen LogP) is 4.02. The molecule has 0 amide bonds. The van der Waals surface area contributed by atoms with Gasteiger partial charge in [0, 0.05) is 41.4 Å². The average molecular weight is 448 g/mol. The second-order valence-electron chi connectivity index (χ2n) is 4.77. The standard InChI is InChI=1S/C14H16Br2N4O3/c15-6-2-8-19(9-3-7-16)14-18-17-13(23-14)11-4-1-5-12(10-11)20(21)22/h1,4-5,10H,2-3,6-9H2. The number of nitro benzene ring substituents is 1. The minimum absolute atomic E-state index is 0.00214. The van der Waals surface area contributed by atoms with Crippen LogP contribution in [-0.2, 0) is 0 Å². The molecule has 0 N–H and O–H groups in total. The molecule has 2 rings (SSSR count). The molecule has 0 spiro atoms. The number of rotatable bonds is 9. The van der Waals surface area contributed by atoms with Crippen LogP contribution in [0.15, 0.2) is 28.7 Å². The molecular weight excluding hydrogens is 432 g/mol. The fourth-order valence-electron chi connectivity index (χ4n) is 2.02. The maximum absolute atomic E-state index is 10.9. The SMILES string of the molecule is O=[N+]([O-])c1cccc(-c2nnc(N(CCCBr)CCCBr)o2)c1. The Labute approximate surface area is 150 Å². The van der Waals surface area contributed by atoms with Crippen LogP contribution in [-0.4, -0.2) is 38.9 Å². The third kappa shape index (κ3) is 5.00. The van der Waals surface area contributed by atoms with E-state index in [0.29, 0.717) is 11.6 Å². The summed E-state index contributed by atoms with van der Waals surface area (Å²) < 4.78 is 5.71. The molecule has 0 aliphatic heterocycles. The Morgan fingerprint density at radius 2 is 1.87 bits per heavy atom. The second kappa shape index (κ2) is 8.97. The van der Waals surface area contributed by atoms with Crippen LogP contribution < -0.4 is 4.90 Å². The molecule has 23 heavy (non-hydrogen) atoms. The summed E-state index contributed by atoms with van der Waals surface area (Å²) >= 11 is 6.83. The van der Waals surface area contributed by atoms with Crippen LogP contribution in [0.4, 0.5) is 11.7 Å². The van der Waals surface area contributed by atoms with Crippen LogP contribution in [0.5, 0.6) is 0 Å². The van der Waals surface area contributed by atoms with E-state index >= 15 is 0 Å². The lowest BCUT2D eigenvalue weighted by atomic mass is 10.2. The number of nitrogens with zero attached hydrogens (tertiary/aromatic N) is 4. The molecule has 124 valence electrons. The Morgan fingerprint density at radius 3 is 2.48 bits per heavy atom. The molecule has 0 aliphatic carbocycles. The van der Waals surface area contributed by atoms with Crippen LogP contribution in [0.25, 0.3) is 11.5 Å². The molecule has 1 heterocycles. The van der Waals surface area contributed by atoms with Gasteiger partial charge in [-0.05, 0) is 18.9 Å². The third-order valence-corrected chi connectivity index (χ3v) is 4.23. The first kappa shape index (κ1) is 17.9. The van der Waals surface area contributed by atoms with E-state index < -0.39 is 4.92 Å². The zero-order valence-corrected chi connectivity index (χ0v) is 15.5. The van der Waals surface area contributed by atoms with Crippen molar-refractivity contribution in [1.82, 2.24) is 10.2 Å². The molecule has 9 heteroatoms. The first-order valence-electron chi connectivity index (χ1n) is 7.11. The van der Waals surface area contributed by atoms with Gasteiger partial charge in [0.1, 0.15) is 0 Å². The average Bonchev–Trinajstić information content (AvgIpc) is 3.05. The van der Waals surface area contributed by atoms with Crippen molar-refractivity contribution in [2.75, 3.05) is 28.6 Å². The number of alkyl halides is 2. The van der Waals surface area contributed by atoms with E-state index in [1.54, 1.807) is 12.1 Å². The number of benzene rings is 1. The molecule has 0 fully saturated rings. The third-order valence-electron chi connectivity index (χ3n) is 3.11. The molecule has 0 unspecified atom stereocenters. The van der Waals surface area contributed by atoms with E-state index in [9.17, 15) is 10.1 Å². The van der Waals surface area contributed by atoms with Crippen molar-refractivity contribution < 1.29 is 9.34 Å². The highest BCUT2D eigenvalue weighted by Crippen LogP contribution is 2.25. The summed E-state index contributed by atoms with van der Waals surface area (Å²) in [6.45, 7) is 1.60. The Kier molecular flexibility index (Phi) is 6.97. The van der Waals surface area contributed by atoms with E-state index in [1.165, 1.54) is 12.1 Å². The lowest BCUT2D eigenvalue weighted by molar-refractivity contribution is -0.384. The van der Waals surface area contributed by atoms with Crippen molar-refractivity contribution in [3.63, 3.8) is 0 Å². The van der Waals surface area contributed by atoms with E-state index in [4.69, 9.17) is 4.42 Å². The topological polar surface area (TPSA) is 85.3 Å². The largest absolute Gasteiger partial charge is 0.403 e. The van der Waals surface area contributed by atoms with E-state index in [2.05, 4.69) is 42.1 Å². The quantitative estimate of drug-likeness (QED) is 0.328. The minimum atomic E-state index is -0.445. The van der Waals surface area contributed by atoms with Gasteiger partial charge in [0.05, 0.1) is 4.92 Å². The minimum Gasteiger partial charge on any atom is -0.403 e. The molecule has 0 bridgehead atoms. The molecule has 1 aromatic carbocycles. The van der Waals surface area contributed by atoms with Crippen LogP contribution in [0.3, 0.4) is 0 Å². The van der Waals surface area contributed by atoms with Gasteiger partial charge in [-0.25, -0.2) is 0 Å². The van der Waals surface area contributed by atoms with E-state index in [1.807, 2.05) is 4.90 Å². The Balaban J connectivity index is 2.20. The van der Waals surface area contributed by atoms with Gasteiger partial charge in [0.2, 0.25) is 5.89 Å². The number of hydrogen-bond acceptors (Lipinski definition) is 6. The van der Waals surface area contributed by atoms with Gasteiger partial charge in [-0.1, -0.05) is 43.0 Å². The summed E-state index contributed by atoms with van der Waals surface area (Å²) in [4.78, 5) is 12.4. The van der Waals surface area contributed by atoms with Crippen molar-refractivity contribution in [3.8, 4) is 11.5 Å². The van der Waals surface area contributed by atoms with Crippen LogP contribution in [0.2, 0.25) is 0 Å². The number of non-ortho nitro benzene ring substituents is 1. The van der Waals surface area contributed by atoms with Crippen LogP contribution in [0.1, 0.15) is 12.8 Å². The summed E-state index contributed by atoms with van der Waals surface area (Å²) in [5.74, 6) is 0.284. The summed E-state index contributed by atoms with van der Waals surface area (Å²) in [6.07, 6.45) is 1.91. The highest BCUT2D eigenvalue weighted by molar-refractivity contribution is 9.09. The summed E-state index contributed by atoms with van der Waals surface area (Å²) in [5, 5.41) is 20.7. The highest BCUT2D eigenvalue weighted by Gasteiger charge is 2.16. The van der Waals surface area contributed by atoms with Crippen molar-refractivity contribution in [1.29, 1.82) is 0 Å². The van der Waals surface area contributed by atoms with Gasteiger partial charge < -0.3 is 9.32 Å². The van der Waals surface area contributed by atoms with Crippen molar-refractivity contribution in [2.24, 2.45) is 0 Å². The van der Waals surface area contributed by atoms with Crippen LogP contribution in [0, 0.1) is 10.1 Å². The number of nitro groups is 1. The number of hydrogen-bond donors (Lipinski definition) is 0. The molecule has 0 saturated heterocycles. The predicted molar refractivity (Wildman–Crippen MR) is 95.4 cm³/mol. The molecule has 0 radical (unpaired) electrons. The Bertz CT molecular complexity index is 642. The van der Waals surface area contributed by atoms with Crippen molar-refractivity contribution in [3.05, 3.63) is 34.4 Å². The molecule has 0 atom stereocenters. The van der Waals surface area contributed by atoms with Crippen molar-refractivity contribution >= 4 is 43.6 Å². The van der Waals surface area contributed by atoms with Gasteiger partial charge in [0.25, 0.3) is 5.69 Å². The number of anilines is 1. The molecule has 0 aliphatic rings.